The van der Waals surface area contributed by atoms with E-state index < -0.39 is 5.91 Å². The molecule has 20 heavy (non-hydrogen) atoms. The van der Waals surface area contributed by atoms with Gasteiger partial charge in [0.15, 0.2) is 0 Å². The SMILES string of the molecule is COc1cc(O)c(C(=O)NCc2cccs2)c(OC)c1. The minimum atomic E-state index is -0.393. The minimum absolute atomic E-state index is 0.102. The molecule has 1 aromatic heterocycles. The quantitative estimate of drug-likeness (QED) is 0.888. The minimum Gasteiger partial charge on any atom is -0.507 e. The van der Waals surface area contributed by atoms with Crippen LogP contribution in [-0.4, -0.2) is 25.2 Å². The number of ether oxygens (including phenoxy) is 2. The maximum Gasteiger partial charge on any atom is 0.259 e. The van der Waals surface area contributed by atoms with Gasteiger partial charge in [-0.3, -0.25) is 4.79 Å². The maximum atomic E-state index is 12.2. The molecule has 0 spiro atoms. The third-order valence-electron chi connectivity index (χ3n) is 2.74. The molecule has 0 aliphatic carbocycles. The lowest BCUT2D eigenvalue weighted by Gasteiger charge is -2.12. The summed E-state index contributed by atoms with van der Waals surface area (Å²) in [4.78, 5) is 13.2. The number of phenols is 1. The summed E-state index contributed by atoms with van der Waals surface area (Å²) >= 11 is 1.55. The number of hydrogen-bond donors (Lipinski definition) is 2. The molecule has 0 atom stereocenters. The Kier molecular flexibility index (Phi) is 4.47. The van der Waals surface area contributed by atoms with E-state index in [4.69, 9.17) is 9.47 Å². The molecule has 2 rings (SSSR count). The van der Waals surface area contributed by atoms with Crippen molar-refractivity contribution in [1.82, 2.24) is 5.32 Å². The fraction of sp³-hybridized carbons (Fsp3) is 0.214. The number of rotatable bonds is 5. The molecule has 0 saturated heterocycles. The van der Waals surface area contributed by atoms with Gasteiger partial charge in [-0.15, -0.1) is 11.3 Å². The molecule has 5 nitrogen and oxygen atoms in total. The van der Waals surface area contributed by atoms with E-state index in [1.165, 1.54) is 20.3 Å². The van der Waals surface area contributed by atoms with Crippen LogP contribution >= 0.6 is 11.3 Å². The van der Waals surface area contributed by atoms with Gasteiger partial charge in [0, 0.05) is 17.0 Å². The highest BCUT2D eigenvalue weighted by Gasteiger charge is 2.19. The van der Waals surface area contributed by atoms with E-state index >= 15 is 0 Å². The van der Waals surface area contributed by atoms with Crippen LogP contribution in [0.25, 0.3) is 0 Å². The van der Waals surface area contributed by atoms with Crippen LogP contribution in [0.5, 0.6) is 17.2 Å². The second-order valence-electron chi connectivity index (χ2n) is 3.99. The molecule has 1 heterocycles. The van der Waals surface area contributed by atoms with Crippen LogP contribution in [0.2, 0.25) is 0 Å². The van der Waals surface area contributed by atoms with Crippen LogP contribution in [0.1, 0.15) is 15.2 Å². The standard InChI is InChI=1S/C14H15NO4S/c1-18-9-6-11(16)13(12(7-9)19-2)14(17)15-8-10-4-3-5-20-10/h3-7,16H,8H2,1-2H3,(H,15,17). The first-order valence-corrected chi connectivity index (χ1v) is 6.79. The molecule has 2 aromatic rings. The summed E-state index contributed by atoms with van der Waals surface area (Å²) in [7, 11) is 2.91. The second kappa shape index (κ2) is 6.29. The van der Waals surface area contributed by atoms with Crippen molar-refractivity contribution in [3.05, 3.63) is 40.1 Å². The molecule has 0 aliphatic heterocycles. The Morgan fingerprint density at radius 2 is 2.15 bits per heavy atom. The zero-order chi connectivity index (χ0) is 14.5. The fourth-order valence-electron chi connectivity index (χ4n) is 1.75. The normalized spacial score (nSPS) is 10.1. The summed E-state index contributed by atoms with van der Waals surface area (Å²) in [5.74, 6) is 0.125. The zero-order valence-electron chi connectivity index (χ0n) is 11.2. The molecule has 2 N–H and O–H groups in total. The molecule has 0 radical (unpaired) electrons. The first-order chi connectivity index (χ1) is 9.65. The third kappa shape index (κ3) is 3.03. The van der Waals surface area contributed by atoms with Crippen molar-refractivity contribution in [3.8, 4) is 17.2 Å². The van der Waals surface area contributed by atoms with Crippen molar-refractivity contribution in [2.45, 2.75) is 6.54 Å². The predicted octanol–water partition coefficient (Wildman–Crippen LogP) is 2.40. The Balaban J connectivity index is 2.20. The van der Waals surface area contributed by atoms with Crippen LogP contribution in [-0.2, 0) is 6.54 Å². The van der Waals surface area contributed by atoms with Gasteiger partial charge in [0.25, 0.3) is 5.91 Å². The van der Waals surface area contributed by atoms with Gasteiger partial charge in [0.1, 0.15) is 22.8 Å². The van der Waals surface area contributed by atoms with E-state index in [1.54, 1.807) is 17.4 Å². The zero-order valence-corrected chi connectivity index (χ0v) is 12.0. The molecule has 106 valence electrons. The van der Waals surface area contributed by atoms with Crippen molar-refractivity contribution in [1.29, 1.82) is 0 Å². The summed E-state index contributed by atoms with van der Waals surface area (Å²) < 4.78 is 10.1. The molecular formula is C14H15NO4S. The van der Waals surface area contributed by atoms with Gasteiger partial charge in [-0.1, -0.05) is 6.07 Å². The lowest BCUT2D eigenvalue weighted by Crippen LogP contribution is -2.23. The largest absolute Gasteiger partial charge is 0.507 e. The predicted molar refractivity (Wildman–Crippen MR) is 76.7 cm³/mol. The van der Waals surface area contributed by atoms with E-state index in [2.05, 4.69) is 5.32 Å². The Morgan fingerprint density at radius 3 is 2.75 bits per heavy atom. The number of hydrogen-bond acceptors (Lipinski definition) is 5. The number of thiophene rings is 1. The topological polar surface area (TPSA) is 67.8 Å². The van der Waals surface area contributed by atoms with Gasteiger partial charge in [-0.2, -0.15) is 0 Å². The highest BCUT2D eigenvalue weighted by atomic mass is 32.1. The van der Waals surface area contributed by atoms with E-state index in [1.807, 2.05) is 17.5 Å². The highest BCUT2D eigenvalue weighted by Crippen LogP contribution is 2.33. The Hall–Kier alpha value is -2.21. The lowest BCUT2D eigenvalue weighted by molar-refractivity contribution is 0.0945. The number of carbonyl (C=O) groups is 1. The van der Waals surface area contributed by atoms with E-state index in [0.29, 0.717) is 12.3 Å². The van der Waals surface area contributed by atoms with Crippen LogP contribution < -0.4 is 14.8 Å². The number of methoxy groups -OCH3 is 2. The summed E-state index contributed by atoms with van der Waals surface area (Å²) in [5, 5.41) is 14.6. The average molecular weight is 293 g/mol. The number of phenolic OH excluding ortho intramolecular Hbond substituents is 1. The number of benzene rings is 1. The monoisotopic (exact) mass is 293 g/mol. The van der Waals surface area contributed by atoms with Gasteiger partial charge < -0.3 is 19.9 Å². The second-order valence-corrected chi connectivity index (χ2v) is 5.02. The van der Waals surface area contributed by atoms with Gasteiger partial charge in [0.2, 0.25) is 0 Å². The van der Waals surface area contributed by atoms with Gasteiger partial charge in [-0.25, -0.2) is 0 Å². The summed E-state index contributed by atoms with van der Waals surface area (Å²) in [6.45, 7) is 0.408. The number of carbonyl (C=O) groups excluding carboxylic acids is 1. The van der Waals surface area contributed by atoms with Crippen molar-refractivity contribution in [3.63, 3.8) is 0 Å². The van der Waals surface area contributed by atoms with E-state index in [0.717, 1.165) is 4.88 Å². The van der Waals surface area contributed by atoms with Crippen LogP contribution in [0.15, 0.2) is 29.6 Å². The number of aromatic hydroxyl groups is 1. The summed E-state index contributed by atoms with van der Waals surface area (Å²) in [5.41, 5.74) is 0.102. The van der Waals surface area contributed by atoms with Crippen molar-refractivity contribution < 1.29 is 19.4 Å². The lowest BCUT2D eigenvalue weighted by atomic mass is 10.1. The smallest absolute Gasteiger partial charge is 0.259 e. The summed E-state index contributed by atoms with van der Waals surface area (Å²) in [6.07, 6.45) is 0. The van der Waals surface area contributed by atoms with Crippen molar-refractivity contribution >= 4 is 17.2 Å². The molecule has 0 unspecified atom stereocenters. The Morgan fingerprint density at radius 1 is 1.35 bits per heavy atom. The van der Waals surface area contributed by atoms with Crippen molar-refractivity contribution in [2.75, 3.05) is 14.2 Å². The molecular weight excluding hydrogens is 278 g/mol. The first-order valence-electron chi connectivity index (χ1n) is 5.91. The molecule has 0 saturated carbocycles. The van der Waals surface area contributed by atoms with Gasteiger partial charge in [-0.05, 0) is 11.4 Å². The molecule has 0 bridgehead atoms. The molecule has 1 aromatic carbocycles. The first kappa shape index (κ1) is 14.2. The Labute approximate surface area is 120 Å². The highest BCUT2D eigenvalue weighted by molar-refractivity contribution is 7.09. The number of amides is 1. The molecule has 1 amide bonds. The molecule has 6 heteroatoms. The van der Waals surface area contributed by atoms with E-state index in [9.17, 15) is 9.90 Å². The van der Waals surface area contributed by atoms with Crippen LogP contribution in [0, 0.1) is 0 Å². The third-order valence-corrected chi connectivity index (χ3v) is 3.62. The summed E-state index contributed by atoms with van der Waals surface area (Å²) in [6, 6.07) is 6.77. The maximum absolute atomic E-state index is 12.2. The van der Waals surface area contributed by atoms with Gasteiger partial charge >= 0.3 is 0 Å². The van der Waals surface area contributed by atoms with Gasteiger partial charge in [0.05, 0.1) is 20.8 Å². The molecule has 0 fully saturated rings. The average Bonchev–Trinajstić information content (AvgIpc) is 2.97. The fourth-order valence-corrected chi connectivity index (χ4v) is 2.40. The van der Waals surface area contributed by atoms with Crippen LogP contribution in [0.4, 0.5) is 0 Å². The molecule has 0 aliphatic rings. The van der Waals surface area contributed by atoms with Crippen LogP contribution in [0.3, 0.4) is 0 Å². The van der Waals surface area contributed by atoms with E-state index in [-0.39, 0.29) is 17.1 Å². The van der Waals surface area contributed by atoms with Crippen molar-refractivity contribution in [2.24, 2.45) is 0 Å². The number of nitrogens with one attached hydrogen (secondary N) is 1. The Bertz CT molecular complexity index is 595.